The van der Waals surface area contributed by atoms with Crippen LogP contribution in [0.1, 0.15) is 39.9 Å². The van der Waals surface area contributed by atoms with Crippen LogP contribution in [0.2, 0.25) is 0 Å². The van der Waals surface area contributed by atoms with E-state index in [1.54, 1.807) is 29.2 Å². The van der Waals surface area contributed by atoms with Crippen molar-refractivity contribution in [3.63, 3.8) is 0 Å². The van der Waals surface area contributed by atoms with Crippen molar-refractivity contribution < 1.29 is 14.4 Å². The minimum Gasteiger partial charge on any atom is -0.278 e. The van der Waals surface area contributed by atoms with Crippen LogP contribution in [0.5, 0.6) is 0 Å². The van der Waals surface area contributed by atoms with E-state index in [9.17, 15) is 14.4 Å². The number of hydrogen-bond acceptors (Lipinski definition) is 5. The van der Waals surface area contributed by atoms with E-state index in [1.807, 2.05) is 50.2 Å². The van der Waals surface area contributed by atoms with E-state index >= 15 is 0 Å². The van der Waals surface area contributed by atoms with E-state index in [0.29, 0.717) is 10.7 Å². The van der Waals surface area contributed by atoms with Crippen LogP contribution in [0, 0.1) is 13.8 Å². The highest BCUT2D eigenvalue weighted by atomic mass is 32.1. The lowest BCUT2D eigenvalue weighted by atomic mass is 10.1. The maximum absolute atomic E-state index is 13.8. The highest BCUT2D eigenvalue weighted by Crippen LogP contribution is 2.36. The standard InChI is InChI=1S/C27H23N3O3S/c1-17-7-12-22(18(2)15-17)30(27-28-21-5-3-4-6-23(21)34-27)26(33)20-10-8-19(9-11-20)16-29-24(31)13-14-25(29)32/h3-12,15H,13-14,16H2,1-2H3. The molecule has 170 valence electrons. The molecule has 1 aliphatic heterocycles. The number of anilines is 2. The molecule has 0 spiro atoms. The zero-order valence-electron chi connectivity index (χ0n) is 18.9. The summed E-state index contributed by atoms with van der Waals surface area (Å²) in [5.74, 6) is -0.491. The number of aryl methyl sites for hydroxylation is 2. The molecule has 2 heterocycles. The summed E-state index contributed by atoms with van der Waals surface area (Å²) in [4.78, 5) is 45.4. The van der Waals surface area contributed by atoms with E-state index in [-0.39, 0.29) is 37.1 Å². The highest BCUT2D eigenvalue weighted by Gasteiger charge is 2.29. The number of para-hydroxylation sites is 1. The predicted octanol–water partition coefficient (Wildman–Crippen LogP) is 5.54. The maximum Gasteiger partial charge on any atom is 0.264 e. The van der Waals surface area contributed by atoms with Crippen LogP contribution in [-0.2, 0) is 16.1 Å². The van der Waals surface area contributed by atoms with Crippen molar-refractivity contribution in [3.05, 3.63) is 89.0 Å². The van der Waals surface area contributed by atoms with Gasteiger partial charge in [-0.3, -0.25) is 24.2 Å². The summed E-state index contributed by atoms with van der Waals surface area (Å²) < 4.78 is 1.01. The lowest BCUT2D eigenvalue weighted by Crippen LogP contribution is -2.28. The molecule has 34 heavy (non-hydrogen) atoms. The SMILES string of the molecule is Cc1ccc(N(C(=O)c2ccc(CN3C(=O)CCC3=O)cc2)c2nc3ccccc3s2)c(C)c1. The quantitative estimate of drug-likeness (QED) is 0.360. The lowest BCUT2D eigenvalue weighted by Gasteiger charge is -2.22. The molecule has 0 unspecified atom stereocenters. The molecule has 0 saturated carbocycles. The molecule has 1 fully saturated rings. The highest BCUT2D eigenvalue weighted by molar-refractivity contribution is 7.22. The van der Waals surface area contributed by atoms with Gasteiger partial charge in [-0.1, -0.05) is 53.3 Å². The molecule has 0 bridgehead atoms. The smallest absolute Gasteiger partial charge is 0.264 e. The molecule has 1 aliphatic rings. The minimum absolute atomic E-state index is 0.151. The van der Waals surface area contributed by atoms with Gasteiger partial charge < -0.3 is 0 Å². The van der Waals surface area contributed by atoms with Crippen LogP contribution in [0.3, 0.4) is 0 Å². The first kappa shape index (κ1) is 22.0. The zero-order valence-corrected chi connectivity index (χ0v) is 19.8. The summed E-state index contributed by atoms with van der Waals surface area (Å²) in [5.41, 5.74) is 5.04. The average Bonchev–Trinajstić information content (AvgIpc) is 3.39. The number of imide groups is 1. The number of fused-ring (bicyclic) bond motifs is 1. The average molecular weight is 470 g/mol. The Morgan fingerprint density at radius 3 is 2.35 bits per heavy atom. The monoisotopic (exact) mass is 469 g/mol. The Kier molecular flexibility index (Phi) is 5.71. The number of likely N-dealkylation sites (tertiary alicyclic amines) is 1. The fourth-order valence-electron chi connectivity index (χ4n) is 4.17. The van der Waals surface area contributed by atoms with Crippen LogP contribution in [0.4, 0.5) is 10.8 Å². The number of carbonyl (C=O) groups is 3. The fourth-order valence-corrected chi connectivity index (χ4v) is 5.15. The van der Waals surface area contributed by atoms with Crippen molar-refractivity contribution in [1.29, 1.82) is 0 Å². The van der Waals surface area contributed by atoms with Gasteiger partial charge in [-0.2, -0.15) is 0 Å². The van der Waals surface area contributed by atoms with Gasteiger partial charge in [0.2, 0.25) is 11.8 Å². The van der Waals surface area contributed by atoms with Crippen molar-refractivity contribution in [2.45, 2.75) is 33.2 Å². The first-order valence-electron chi connectivity index (χ1n) is 11.1. The van der Waals surface area contributed by atoms with Gasteiger partial charge in [-0.15, -0.1) is 0 Å². The van der Waals surface area contributed by atoms with Crippen molar-refractivity contribution >= 4 is 50.1 Å². The van der Waals surface area contributed by atoms with Crippen LogP contribution in [0.15, 0.2) is 66.7 Å². The third kappa shape index (κ3) is 4.10. The molecule has 1 aromatic heterocycles. The number of carbonyl (C=O) groups excluding carboxylic acids is 3. The summed E-state index contributed by atoms with van der Waals surface area (Å²) in [7, 11) is 0. The van der Waals surface area contributed by atoms with Crippen LogP contribution < -0.4 is 4.90 Å². The molecule has 5 rings (SSSR count). The Morgan fingerprint density at radius 1 is 0.971 bits per heavy atom. The second-order valence-corrected chi connectivity index (χ2v) is 9.47. The van der Waals surface area contributed by atoms with Gasteiger partial charge in [0.05, 0.1) is 22.4 Å². The van der Waals surface area contributed by atoms with Crippen LogP contribution in [0.25, 0.3) is 10.2 Å². The second kappa shape index (κ2) is 8.83. The van der Waals surface area contributed by atoms with Crippen molar-refractivity contribution in [2.24, 2.45) is 0 Å². The molecular weight excluding hydrogens is 446 g/mol. The largest absolute Gasteiger partial charge is 0.278 e. The summed E-state index contributed by atoms with van der Waals surface area (Å²) in [6, 6.07) is 20.9. The zero-order chi connectivity index (χ0) is 23.8. The van der Waals surface area contributed by atoms with E-state index in [2.05, 4.69) is 6.07 Å². The Bertz CT molecular complexity index is 1380. The second-order valence-electron chi connectivity index (χ2n) is 8.47. The molecule has 6 nitrogen and oxygen atoms in total. The van der Waals surface area contributed by atoms with Gasteiger partial charge in [0.1, 0.15) is 0 Å². The van der Waals surface area contributed by atoms with Gasteiger partial charge in [-0.05, 0) is 55.3 Å². The number of hydrogen-bond donors (Lipinski definition) is 0. The van der Waals surface area contributed by atoms with Crippen LogP contribution in [-0.4, -0.2) is 27.6 Å². The number of thiazole rings is 1. The minimum atomic E-state index is -0.189. The Morgan fingerprint density at radius 2 is 1.68 bits per heavy atom. The summed E-state index contributed by atoms with van der Waals surface area (Å²) in [6.07, 6.45) is 0.533. The van der Waals surface area contributed by atoms with E-state index in [4.69, 9.17) is 4.98 Å². The number of nitrogens with zero attached hydrogens (tertiary/aromatic N) is 3. The Balaban J connectivity index is 1.50. The molecule has 1 saturated heterocycles. The molecule has 0 atom stereocenters. The Labute approximate surface area is 201 Å². The van der Waals surface area contributed by atoms with Gasteiger partial charge in [0.15, 0.2) is 5.13 Å². The lowest BCUT2D eigenvalue weighted by molar-refractivity contribution is -0.139. The van der Waals surface area contributed by atoms with Gasteiger partial charge >= 0.3 is 0 Å². The van der Waals surface area contributed by atoms with E-state index < -0.39 is 0 Å². The number of amides is 3. The first-order valence-corrected chi connectivity index (χ1v) is 11.9. The molecule has 0 radical (unpaired) electrons. The molecule has 4 aromatic rings. The maximum atomic E-state index is 13.8. The molecule has 0 aliphatic carbocycles. The number of benzene rings is 3. The number of rotatable bonds is 5. The molecule has 3 amide bonds. The topological polar surface area (TPSA) is 70.6 Å². The summed E-state index contributed by atoms with van der Waals surface area (Å²) >= 11 is 1.47. The normalized spacial score (nSPS) is 13.6. The number of aromatic nitrogens is 1. The van der Waals surface area contributed by atoms with E-state index in [1.165, 1.54) is 16.2 Å². The first-order chi connectivity index (χ1) is 16.4. The molecule has 0 N–H and O–H groups in total. The predicted molar refractivity (Wildman–Crippen MR) is 133 cm³/mol. The van der Waals surface area contributed by atoms with Gasteiger partial charge in [0.25, 0.3) is 5.91 Å². The third-order valence-corrected chi connectivity index (χ3v) is 6.99. The van der Waals surface area contributed by atoms with Gasteiger partial charge in [-0.25, -0.2) is 4.98 Å². The summed E-state index contributed by atoms with van der Waals surface area (Å²) in [6.45, 7) is 4.24. The van der Waals surface area contributed by atoms with Crippen molar-refractivity contribution in [2.75, 3.05) is 4.90 Å². The molecular formula is C27H23N3O3S. The van der Waals surface area contributed by atoms with Crippen LogP contribution >= 0.6 is 11.3 Å². The van der Waals surface area contributed by atoms with Crippen molar-refractivity contribution in [1.82, 2.24) is 9.88 Å². The Hall–Kier alpha value is -3.84. The van der Waals surface area contributed by atoms with Crippen molar-refractivity contribution in [3.8, 4) is 0 Å². The molecule has 7 heteroatoms. The van der Waals surface area contributed by atoms with Gasteiger partial charge in [0, 0.05) is 18.4 Å². The summed E-state index contributed by atoms with van der Waals surface area (Å²) in [5, 5.41) is 0.607. The van der Waals surface area contributed by atoms with E-state index in [0.717, 1.165) is 32.6 Å². The molecule has 3 aromatic carbocycles. The fraction of sp³-hybridized carbons (Fsp3) is 0.185. The third-order valence-electron chi connectivity index (χ3n) is 5.97.